The van der Waals surface area contributed by atoms with Crippen molar-refractivity contribution in [2.75, 3.05) is 11.3 Å². The van der Waals surface area contributed by atoms with Gasteiger partial charge in [0.05, 0.1) is 6.10 Å². The van der Waals surface area contributed by atoms with Crippen LogP contribution in [0.25, 0.3) is 0 Å². The van der Waals surface area contributed by atoms with Crippen LogP contribution in [0.4, 0.5) is 5.69 Å². The van der Waals surface area contributed by atoms with Gasteiger partial charge in [-0.1, -0.05) is 19.1 Å². The van der Waals surface area contributed by atoms with Crippen molar-refractivity contribution < 1.29 is 13.5 Å². The first-order valence-corrected chi connectivity index (χ1v) is 6.98. The van der Waals surface area contributed by atoms with E-state index in [1.807, 2.05) is 6.92 Å². The Hall–Kier alpha value is -1.11. The van der Waals surface area contributed by atoms with Crippen LogP contribution >= 0.6 is 0 Å². The Morgan fingerprint density at radius 2 is 1.88 bits per heavy atom. The molecule has 0 bridgehead atoms. The summed E-state index contributed by atoms with van der Waals surface area (Å²) >= 11 is 0. The molecule has 0 heterocycles. The normalized spacial score (nSPS) is 13.4. The van der Waals surface area contributed by atoms with Gasteiger partial charge in [0, 0.05) is 12.2 Å². The quantitative estimate of drug-likeness (QED) is 0.721. The molecule has 96 valence electrons. The summed E-state index contributed by atoms with van der Waals surface area (Å²) in [5, 5.41) is 9.31. The third-order valence-electron chi connectivity index (χ3n) is 2.19. The predicted molar refractivity (Wildman–Crippen MR) is 67.9 cm³/mol. The van der Waals surface area contributed by atoms with Crippen molar-refractivity contribution in [2.45, 2.75) is 26.4 Å². The molecule has 6 heteroatoms. The number of benzene rings is 1. The van der Waals surface area contributed by atoms with E-state index in [0.717, 1.165) is 12.0 Å². The maximum absolute atomic E-state index is 11.5. The fourth-order valence-corrected chi connectivity index (χ4v) is 2.25. The average molecular weight is 258 g/mol. The molecule has 0 aliphatic rings. The zero-order chi connectivity index (χ0) is 12.9. The second-order valence-corrected chi connectivity index (χ2v) is 5.30. The van der Waals surface area contributed by atoms with Crippen molar-refractivity contribution in [3.63, 3.8) is 0 Å². The van der Waals surface area contributed by atoms with Crippen molar-refractivity contribution in [3.8, 4) is 0 Å². The van der Waals surface area contributed by atoms with Gasteiger partial charge in [-0.15, -0.1) is 0 Å². The molecule has 5 nitrogen and oxygen atoms in total. The highest BCUT2D eigenvalue weighted by atomic mass is 32.2. The van der Waals surface area contributed by atoms with E-state index in [9.17, 15) is 13.5 Å². The number of aliphatic hydroxyl groups is 1. The fraction of sp³-hybridized carbons (Fsp3) is 0.455. The standard InChI is InChI=1S/C11H18N2O3S/c1-3-8-12-17(15,16)13-11-6-4-10(5-7-11)9(2)14/h4-7,9,12-14H,3,8H2,1-2H3. The summed E-state index contributed by atoms with van der Waals surface area (Å²) in [5.41, 5.74) is 1.22. The van der Waals surface area contributed by atoms with Crippen molar-refractivity contribution >= 4 is 15.9 Å². The second kappa shape index (κ2) is 6.00. The minimum absolute atomic E-state index is 0.404. The van der Waals surface area contributed by atoms with Gasteiger partial charge in [0.2, 0.25) is 0 Å². The Kier molecular flexibility index (Phi) is 4.92. The van der Waals surface area contributed by atoms with Crippen molar-refractivity contribution in [3.05, 3.63) is 29.8 Å². The molecule has 0 radical (unpaired) electrons. The molecule has 0 saturated carbocycles. The van der Waals surface area contributed by atoms with Gasteiger partial charge < -0.3 is 5.11 Å². The highest BCUT2D eigenvalue weighted by molar-refractivity contribution is 7.90. The molecule has 0 amide bonds. The third-order valence-corrected chi connectivity index (χ3v) is 3.28. The minimum Gasteiger partial charge on any atom is -0.389 e. The third kappa shape index (κ3) is 4.72. The van der Waals surface area contributed by atoms with Crippen LogP contribution in [0.5, 0.6) is 0 Å². The molecule has 0 saturated heterocycles. The lowest BCUT2D eigenvalue weighted by atomic mass is 10.1. The Morgan fingerprint density at radius 1 is 1.29 bits per heavy atom. The summed E-state index contributed by atoms with van der Waals surface area (Å²) in [6.07, 6.45) is 0.181. The summed E-state index contributed by atoms with van der Waals surface area (Å²) in [6, 6.07) is 6.60. The smallest absolute Gasteiger partial charge is 0.299 e. The first kappa shape index (κ1) is 14.0. The second-order valence-electron chi connectivity index (χ2n) is 3.80. The Balaban J connectivity index is 2.69. The van der Waals surface area contributed by atoms with E-state index in [0.29, 0.717) is 12.2 Å². The molecule has 0 aliphatic carbocycles. The van der Waals surface area contributed by atoms with Gasteiger partial charge in [-0.2, -0.15) is 13.1 Å². The topological polar surface area (TPSA) is 78.4 Å². The van der Waals surface area contributed by atoms with Gasteiger partial charge in [-0.25, -0.2) is 0 Å². The van der Waals surface area contributed by atoms with Crippen LogP contribution in [-0.2, 0) is 10.2 Å². The number of rotatable bonds is 6. The Morgan fingerprint density at radius 3 is 2.35 bits per heavy atom. The number of nitrogens with one attached hydrogen (secondary N) is 2. The van der Waals surface area contributed by atoms with E-state index in [-0.39, 0.29) is 0 Å². The minimum atomic E-state index is -3.49. The highest BCUT2D eigenvalue weighted by Gasteiger charge is 2.08. The zero-order valence-corrected chi connectivity index (χ0v) is 10.8. The Bertz CT molecular complexity index is 440. The van der Waals surface area contributed by atoms with E-state index in [1.165, 1.54) is 0 Å². The van der Waals surface area contributed by atoms with Crippen LogP contribution in [-0.4, -0.2) is 20.1 Å². The van der Waals surface area contributed by atoms with E-state index in [4.69, 9.17) is 0 Å². The largest absolute Gasteiger partial charge is 0.389 e. The zero-order valence-electron chi connectivity index (χ0n) is 9.97. The number of hydrogen-bond acceptors (Lipinski definition) is 3. The number of anilines is 1. The summed E-state index contributed by atoms with van der Waals surface area (Å²) in [5.74, 6) is 0. The van der Waals surface area contributed by atoms with Crippen LogP contribution in [0.15, 0.2) is 24.3 Å². The van der Waals surface area contributed by atoms with Crippen LogP contribution in [0.1, 0.15) is 31.9 Å². The summed E-state index contributed by atoms with van der Waals surface area (Å²) in [4.78, 5) is 0. The molecular formula is C11H18N2O3S. The molecule has 1 aromatic rings. The molecule has 1 aromatic carbocycles. The van der Waals surface area contributed by atoms with Crippen molar-refractivity contribution in [1.29, 1.82) is 0 Å². The SMILES string of the molecule is CCCNS(=O)(=O)Nc1ccc(C(C)O)cc1. The maximum atomic E-state index is 11.5. The highest BCUT2D eigenvalue weighted by Crippen LogP contribution is 2.16. The van der Waals surface area contributed by atoms with Gasteiger partial charge in [0.1, 0.15) is 0 Å². The van der Waals surface area contributed by atoms with Crippen molar-refractivity contribution in [1.82, 2.24) is 4.72 Å². The van der Waals surface area contributed by atoms with E-state index in [2.05, 4.69) is 9.44 Å². The number of hydrogen-bond donors (Lipinski definition) is 3. The summed E-state index contributed by atoms with van der Waals surface area (Å²) < 4.78 is 27.8. The summed E-state index contributed by atoms with van der Waals surface area (Å²) in [7, 11) is -3.49. The van der Waals surface area contributed by atoms with E-state index in [1.54, 1.807) is 31.2 Å². The molecule has 17 heavy (non-hydrogen) atoms. The first-order valence-electron chi connectivity index (χ1n) is 5.50. The molecule has 1 unspecified atom stereocenters. The molecular weight excluding hydrogens is 240 g/mol. The molecule has 0 aromatic heterocycles. The predicted octanol–water partition coefficient (Wildman–Crippen LogP) is 1.40. The van der Waals surface area contributed by atoms with Gasteiger partial charge in [0.15, 0.2) is 0 Å². The molecule has 0 spiro atoms. The fourth-order valence-electron chi connectivity index (χ4n) is 1.26. The van der Waals surface area contributed by atoms with Crippen LogP contribution < -0.4 is 9.44 Å². The maximum Gasteiger partial charge on any atom is 0.299 e. The molecule has 0 fully saturated rings. The molecule has 0 aliphatic heterocycles. The van der Waals surface area contributed by atoms with Crippen LogP contribution in [0.2, 0.25) is 0 Å². The molecule has 1 atom stereocenters. The van der Waals surface area contributed by atoms with Crippen molar-refractivity contribution in [2.24, 2.45) is 0 Å². The lowest BCUT2D eigenvalue weighted by molar-refractivity contribution is 0.199. The lowest BCUT2D eigenvalue weighted by Crippen LogP contribution is -2.30. The van der Waals surface area contributed by atoms with Crippen LogP contribution in [0, 0.1) is 0 Å². The van der Waals surface area contributed by atoms with E-state index >= 15 is 0 Å². The average Bonchev–Trinajstić information content (AvgIpc) is 2.26. The summed E-state index contributed by atoms with van der Waals surface area (Å²) in [6.45, 7) is 3.95. The molecule has 1 rings (SSSR count). The number of aliphatic hydroxyl groups excluding tert-OH is 1. The monoisotopic (exact) mass is 258 g/mol. The van der Waals surface area contributed by atoms with Gasteiger partial charge >= 0.3 is 0 Å². The van der Waals surface area contributed by atoms with E-state index < -0.39 is 16.3 Å². The first-order chi connectivity index (χ1) is 7.94. The van der Waals surface area contributed by atoms with Crippen LogP contribution in [0.3, 0.4) is 0 Å². The van der Waals surface area contributed by atoms with Gasteiger partial charge in [0.25, 0.3) is 10.2 Å². The van der Waals surface area contributed by atoms with Gasteiger partial charge in [-0.3, -0.25) is 4.72 Å². The Labute approximate surface area is 102 Å². The van der Waals surface area contributed by atoms with Gasteiger partial charge in [-0.05, 0) is 31.0 Å². The molecule has 3 N–H and O–H groups in total. The lowest BCUT2D eigenvalue weighted by Gasteiger charge is -2.10.